The zero-order valence-corrected chi connectivity index (χ0v) is 39.9. The van der Waals surface area contributed by atoms with Crippen molar-refractivity contribution in [2.24, 2.45) is 11.8 Å². The van der Waals surface area contributed by atoms with E-state index in [9.17, 15) is 4.79 Å². The second-order valence-electron chi connectivity index (χ2n) is 10.8. The maximum absolute atomic E-state index is 11.0. The molecular weight excluding hydrogens is 1100 g/mol. The minimum atomic E-state index is 0. The maximum atomic E-state index is 11.0. The zero-order chi connectivity index (χ0) is 38.6. The number of ketones is 1. The maximum Gasteiger partial charge on any atom is 0 e. The van der Waals surface area contributed by atoms with Gasteiger partial charge in [0, 0.05) is 43.6 Å². The van der Waals surface area contributed by atoms with E-state index >= 15 is 0 Å². The Balaban J connectivity index is 0.000000800. The van der Waals surface area contributed by atoms with Crippen molar-refractivity contribution in [3.8, 4) is 11.5 Å². The number of Topliss-reactive ketones (excluding diaryl/α,β-unsaturated/α-hetero) is 1. The number of halogens is 3. The molecule has 4 aromatic carbocycles. The molecule has 0 heterocycles. The number of hydrogen-bond acceptors (Lipinski definition) is 13. The van der Waals surface area contributed by atoms with Gasteiger partial charge in [0.2, 0.25) is 0 Å². The van der Waals surface area contributed by atoms with Crippen molar-refractivity contribution in [2.75, 3.05) is 21.3 Å². The van der Waals surface area contributed by atoms with Gasteiger partial charge in [0.05, 0.1) is 48.1 Å². The van der Waals surface area contributed by atoms with E-state index in [-0.39, 0.29) is 24.3 Å². The molecule has 0 aliphatic heterocycles. The monoisotopic (exact) mass is 1140 g/mol. The number of nitrogens with two attached hydrogens (primary N) is 2. The Morgan fingerprint density at radius 3 is 1.70 bits per heavy atom. The van der Waals surface area contributed by atoms with E-state index in [2.05, 4.69) is 118 Å². The second-order valence-corrected chi connectivity index (χ2v) is 28.5. The first-order valence-electron chi connectivity index (χ1n) is 15.8. The van der Waals surface area contributed by atoms with E-state index in [1.807, 2.05) is 49.5 Å². The van der Waals surface area contributed by atoms with Gasteiger partial charge in [0.1, 0.15) is 17.3 Å². The molecule has 0 bridgehead atoms. The first kappa shape index (κ1) is 52.3. The molecule has 0 aliphatic carbocycles. The summed E-state index contributed by atoms with van der Waals surface area (Å²) in [5.74, 6) is 11.1. The Kier molecular flexibility index (Phi) is 33.0. The summed E-state index contributed by atoms with van der Waals surface area (Å²) in [5, 5.41) is 6.71. The van der Waals surface area contributed by atoms with Crippen molar-refractivity contribution in [3.63, 3.8) is 0 Å². The Hall–Kier alpha value is -0.696. The Bertz CT molecular complexity index is 1530. The van der Waals surface area contributed by atoms with E-state index in [0.29, 0.717) is 42.4 Å². The smallest absolute Gasteiger partial charge is 0 e. The zero-order valence-electron chi connectivity index (χ0n) is 30.4. The van der Waals surface area contributed by atoms with Gasteiger partial charge < -0.3 is 20.1 Å². The first-order chi connectivity index (χ1) is 25.1. The van der Waals surface area contributed by atoms with E-state index < -0.39 is 0 Å². The minimum Gasteiger partial charge on any atom is 0 e. The minimum absolute atomic E-state index is 0. The molecule has 0 saturated carbocycles. The Morgan fingerprint density at radius 1 is 0.774 bits per heavy atom. The Labute approximate surface area is 364 Å². The molecule has 4 aromatic rings. The molecule has 1 radical (unpaired) electrons. The normalized spacial score (nSPS) is 11.2. The van der Waals surface area contributed by atoms with E-state index in [4.69, 9.17) is 25.6 Å². The molecular formula is C36H48I3N4O7S2V-. The van der Waals surface area contributed by atoms with Gasteiger partial charge in [-0.15, -0.1) is 18.6 Å². The number of carbonyl (C=O) groups excluding carboxylic acids is 1. The molecule has 0 amide bonds. The molecule has 4 rings (SSSR count). The molecule has 0 aliphatic rings. The third-order valence-electron chi connectivity index (χ3n) is 6.84. The summed E-state index contributed by atoms with van der Waals surface area (Å²) in [6.45, 7) is 6.85. The van der Waals surface area contributed by atoms with Crippen molar-refractivity contribution in [2.45, 2.75) is 62.0 Å². The molecule has 0 aromatic heterocycles. The predicted octanol–water partition coefficient (Wildman–Crippen LogP) is 5.64. The number of ether oxygens (including phenoxy) is 2. The van der Waals surface area contributed by atoms with Crippen molar-refractivity contribution >= 4 is 67.1 Å². The van der Waals surface area contributed by atoms with Crippen molar-refractivity contribution in [1.82, 2.24) is 10.6 Å². The fourth-order valence-electron chi connectivity index (χ4n) is 4.69. The topological polar surface area (TPSA) is 149 Å². The number of rotatable bonds is 17. The number of hydrogen-bond donors (Lipinski definition) is 4. The summed E-state index contributed by atoms with van der Waals surface area (Å²) in [6.07, 6.45) is 1.26. The van der Waals surface area contributed by atoms with Gasteiger partial charge in [0.15, 0.2) is 0 Å². The van der Waals surface area contributed by atoms with Crippen LogP contribution in [0.15, 0.2) is 107 Å². The third-order valence-corrected chi connectivity index (χ3v) is 8.13. The predicted molar refractivity (Wildman–Crippen MR) is 223 cm³/mol. The fraction of sp³-hybridized carbons (Fsp3) is 0.306. The second kappa shape index (κ2) is 33.4. The van der Waals surface area contributed by atoms with Crippen LogP contribution in [0.1, 0.15) is 49.1 Å². The van der Waals surface area contributed by atoms with Crippen LogP contribution in [0.4, 0.5) is 0 Å². The summed E-state index contributed by atoms with van der Waals surface area (Å²) in [5.41, 5.74) is 4.68. The summed E-state index contributed by atoms with van der Waals surface area (Å²) < 4.78 is 19.7. The number of methoxy groups -OCH3 is 2. The molecule has 53 heavy (non-hydrogen) atoms. The molecule has 0 saturated heterocycles. The first-order valence-corrected chi connectivity index (χ1v) is 29.8. The van der Waals surface area contributed by atoms with Crippen molar-refractivity contribution < 1.29 is 64.7 Å². The van der Waals surface area contributed by atoms with E-state index in [1.54, 1.807) is 26.4 Å². The standard InChI is InChI=1S/C18H24N2O3S.C10H13NO4S.C8H11N.I3.V/c1-13(20-14(2)16-7-5-4-6-8-16)11-15-9-10-17(21-3)18(12-15)24-23-22-19;1-7(12)5-8-3-4-9(13-2)10(6-8)16-15-14-11;1-9-7-8-5-3-2-4-6-8;1-3-2;/h4-10,12-14,20H,11,19H2,1-3H3;3-4,6H,5,11H2,1-2H3;2-6,9H,7H2,1H3;;/q;;;-1;/t13-,14-;;;;/m1..../s1. The summed E-state index contributed by atoms with van der Waals surface area (Å²) in [6, 6.07) is 32.8. The van der Waals surface area contributed by atoms with Crippen LogP contribution >= 0.6 is 61.3 Å². The molecule has 0 spiro atoms. The van der Waals surface area contributed by atoms with E-state index in [1.165, 1.54) is 23.6 Å². The van der Waals surface area contributed by atoms with Gasteiger partial charge in [-0.3, -0.25) is 4.79 Å². The van der Waals surface area contributed by atoms with Crippen LogP contribution < -0.4 is 45.2 Å². The molecule has 17 heteroatoms. The molecule has 6 N–H and O–H groups in total. The van der Waals surface area contributed by atoms with Crippen LogP contribution in [-0.2, 0) is 61.4 Å². The van der Waals surface area contributed by atoms with Crippen molar-refractivity contribution in [1.29, 1.82) is 0 Å². The van der Waals surface area contributed by atoms with E-state index in [0.717, 1.165) is 53.3 Å². The molecule has 293 valence electrons. The number of benzene rings is 4. The number of nitrogens with one attached hydrogen (secondary N) is 2. The largest absolute Gasteiger partial charge is 0 e. The van der Waals surface area contributed by atoms with Gasteiger partial charge in [-0.1, -0.05) is 72.8 Å². The van der Waals surface area contributed by atoms with Gasteiger partial charge >= 0.3 is 50.5 Å². The van der Waals surface area contributed by atoms with Crippen LogP contribution in [0, 0.1) is 0 Å². The summed E-state index contributed by atoms with van der Waals surface area (Å²) in [7, 11) is 5.12. The molecule has 11 nitrogen and oxygen atoms in total. The van der Waals surface area contributed by atoms with Crippen LogP contribution in [-0.4, -0.2) is 33.1 Å². The van der Waals surface area contributed by atoms with Crippen molar-refractivity contribution in [3.05, 3.63) is 119 Å². The number of carbonyl (C=O) groups is 1. The summed E-state index contributed by atoms with van der Waals surface area (Å²) >= 11 is 7.26. The van der Waals surface area contributed by atoms with Gasteiger partial charge in [0.25, 0.3) is 0 Å². The van der Waals surface area contributed by atoms with Gasteiger partial charge in [-0.05, 0) is 80.8 Å². The third kappa shape index (κ3) is 23.9. The average molecular weight is 1140 g/mol. The quantitative estimate of drug-likeness (QED) is 0.0448. The van der Waals surface area contributed by atoms with Crippen LogP contribution in [0.25, 0.3) is 0 Å². The SMILES string of the molecule is CNCc1ccccc1.COc1ccc(CC(C)=O)cc1SOON.COc1ccc(C[C@@H](C)N[C@H](C)c2ccccc2)cc1SOON.I[I-]I.[V]. The molecule has 0 unspecified atom stereocenters. The average Bonchev–Trinajstić information content (AvgIpc) is 3.15. The Morgan fingerprint density at radius 2 is 1.25 bits per heavy atom. The van der Waals surface area contributed by atoms with Crippen LogP contribution in [0.2, 0.25) is 0 Å². The summed E-state index contributed by atoms with van der Waals surface area (Å²) in [4.78, 5) is 20.7. The van der Waals surface area contributed by atoms with Crippen LogP contribution in [0.3, 0.4) is 0 Å². The molecule has 2 atom stereocenters. The van der Waals surface area contributed by atoms with Crippen LogP contribution in [0.5, 0.6) is 11.5 Å². The van der Waals surface area contributed by atoms with Gasteiger partial charge in [-0.25, -0.2) is 0 Å². The fourth-order valence-corrected chi connectivity index (χ4v) is 5.78. The molecule has 0 fully saturated rings. The van der Waals surface area contributed by atoms with Gasteiger partial charge in [-0.2, -0.15) is 11.8 Å².